The molecule has 2 atom stereocenters. The van der Waals surface area contributed by atoms with Gasteiger partial charge in [-0.05, 0) is 37.1 Å². The van der Waals surface area contributed by atoms with E-state index in [9.17, 15) is 17.6 Å². The molecule has 0 amide bonds. The highest BCUT2D eigenvalue weighted by atomic mass is 19.4. The largest absolute Gasteiger partial charge is 0.419 e. The van der Waals surface area contributed by atoms with Gasteiger partial charge in [0.25, 0.3) is 0 Å². The molecule has 1 aliphatic heterocycles. The van der Waals surface area contributed by atoms with Crippen molar-refractivity contribution in [3.8, 4) is 0 Å². The van der Waals surface area contributed by atoms with Gasteiger partial charge >= 0.3 is 6.18 Å². The van der Waals surface area contributed by atoms with Crippen LogP contribution < -0.4 is 11.1 Å². The number of nitrogens with one attached hydrogen (secondary N) is 1. The Balaban J connectivity index is 2.23. The maximum Gasteiger partial charge on any atom is 0.419 e. The molecule has 2 nitrogen and oxygen atoms in total. The summed E-state index contributed by atoms with van der Waals surface area (Å²) in [5.74, 6) is -1.27. The lowest BCUT2D eigenvalue weighted by molar-refractivity contribution is -0.140. The second-order valence-electron chi connectivity index (χ2n) is 4.47. The maximum absolute atomic E-state index is 13.4. The standard InChI is InChI=1S/C12H14F4N2/c13-9-6-7(3-4-8(9)12(14,15)16)11(17)10-2-1-5-18-10/h3-4,6,10-11,18H,1-2,5,17H2/t10-,11-/m0/s1. The summed E-state index contributed by atoms with van der Waals surface area (Å²) >= 11 is 0. The van der Waals surface area contributed by atoms with Crippen LogP contribution in [0, 0.1) is 5.82 Å². The molecule has 0 saturated carbocycles. The Morgan fingerprint density at radius 3 is 2.56 bits per heavy atom. The average molecular weight is 262 g/mol. The number of hydrogen-bond donors (Lipinski definition) is 2. The smallest absolute Gasteiger partial charge is 0.323 e. The lowest BCUT2D eigenvalue weighted by Crippen LogP contribution is -2.34. The molecule has 1 aliphatic rings. The van der Waals surface area contributed by atoms with Crippen LogP contribution in [0.1, 0.15) is 30.0 Å². The first-order valence-corrected chi connectivity index (χ1v) is 5.75. The zero-order valence-corrected chi connectivity index (χ0v) is 9.60. The van der Waals surface area contributed by atoms with Crippen molar-refractivity contribution >= 4 is 0 Å². The average Bonchev–Trinajstić information content (AvgIpc) is 2.79. The van der Waals surface area contributed by atoms with Crippen molar-refractivity contribution < 1.29 is 17.6 Å². The van der Waals surface area contributed by atoms with Gasteiger partial charge in [-0.25, -0.2) is 4.39 Å². The highest BCUT2D eigenvalue weighted by Gasteiger charge is 2.34. The van der Waals surface area contributed by atoms with Crippen LogP contribution in [0.4, 0.5) is 17.6 Å². The van der Waals surface area contributed by atoms with E-state index < -0.39 is 23.6 Å². The molecular weight excluding hydrogens is 248 g/mol. The van der Waals surface area contributed by atoms with Gasteiger partial charge in [0.1, 0.15) is 5.82 Å². The van der Waals surface area contributed by atoms with Crippen LogP contribution in [0.25, 0.3) is 0 Å². The summed E-state index contributed by atoms with van der Waals surface area (Å²) in [5.41, 5.74) is 5.05. The van der Waals surface area contributed by atoms with Gasteiger partial charge in [-0.1, -0.05) is 6.07 Å². The molecular formula is C12H14F4N2. The van der Waals surface area contributed by atoms with Crippen LogP contribution in [0.2, 0.25) is 0 Å². The Morgan fingerprint density at radius 1 is 1.33 bits per heavy atom. The highest BCUT2D eigenvalue weighted by Crippen LogP contribution is 2.33. The lowest BCUT2D eigenvalue weighted by atomic mass is 9.97. The molecule has 1 aromatic rings. The lowest BCUT2D eigenvalue weighted by Gasteiger charge is -2.20. The van der Waals surface area contributed by atoms with Crippen molar-refractivity contribution in [2.24, 2.45) is 5.73 Å². The molecule has 0 bridgehead atoms. The molecule has 1 heterocycles. The second kappa shape index (κ2) is 4.85. The number of nitrogens with two attached hydrogens (primary N) is 1. The van der Waals surface area contributed by atoms with Gasteiger partial charge in [-0.2, -0.15) is 13.2 Å². The van der Waals surface area contributed by atoms with Gasteiger partial charge < -0.3 is 11.1 Å². The molecule has 18 heavy (non-hydrogen) atoms. The third-order valence-corrected chi connectivity index (χ3v) is 3.22. The Hall–Kier alpha value is -1.14. The van der Waals surface area contributed by atoms with Crippen LogP contribution in [-0.4, -0.2) is 12.6 Å². The SMILES string of the molecule is N[C@@H](c1ccc(C(F)(F)F)c(F)c1)[C@@H]1CCCN1. The van der Waals surface area contributed by atoms with Crippen molar-refractivity contribution in [1.82, 2.24) is 5.32 Å². The fourth-order valence-electron chi connectivity index (χ4n) is 2.22. The predicted molar refractivity (Wildman–Crippen MR) is 59.4 cm³/mol. The molecule has 2 rings (SSSR count). The first-order chi connectivity index (χ1) is 8.39. The van der Waals surface area contributed by atoms with E-state index in [1.54, 1.807) is 0 Å². The Morgan fingerprint density at radius 2 is 2.06 bits per heavy atom. The van der Waals surface area contributed by atoms with Crippen LogP contribution in [0.5, 0.6) is 0 Å². The van der Waals surface area contributed by atoms with Gasteiger partial charge in [0.05, 0.1) is 5.56 Å². The zero-order valence-electron chi connectivity index (χ0n) is 9.60. The first kappa shape index (κ1) is 13.3. The number of halogens is 4. The number of hydrogen-bond acceptors (Lipinski definition) is 2. The van der Waals surface area contributed by atoms with Gasteiger partial charge in [-0.3, -0.25) is 0 Å². The van der Waals surface area contributed by atoms with Gasteiger partial charge in [0.15, 0.2) is 0 Å². The molecule has 0 aromatic heterocycles. The van der Waals surface area contributed by atoms with Crippen molar-refractivity contribution in [3.05, 3.63) is 35.1 Å². The van der Waals surface area contributed by atoms with Gasteiger partial charge in [0.2, 0.25) is 0 Å². The van der Waals surface area contributed by atoms with E-state index in [0.29, 0.717) is 5.56 Å². The van der Waals surface area contributed by atoms with E-state index in [4.69, 9.17) is 5.73 Å². The van der Waals surface area contributed by atoms with E-state index in [1.807, 2.05) is 0 Å². The van der Waals surface area contributed by atoms with Crippen molar-refractivity contribution in [2.75, 3.05) is 6.54 Å². The first-order valence-electron chi connectivity index (χ1n) is 5.75. The molecule has 1 aromatic carbocycles. The second-order valence-corrected chi connectivity index (χ2v) is 4.47. The Bertz CT molecular complexity index is 425. The molecule has 1 saturated heterocycles. The zero-order chi connectivity index (χ0) is 13.3. The third-order valence-electron chi connectivity index (χ3n) is 3.22. The number of alkyl halides is 3. The summed E-state index contributed by atoms with van der Waals surface area (Å²) in [6, 6.07) is 2.40. The summed E-state index contributed by atoms with van der Waals surface area (Å²) in [7, 11) is 0. The van der Waals surface area contributed by atoms with E-state index in [2.05, 4.69) is 5.32 Å². The van der Waals surface area contributed by atoms with E-state index in [-0.39, 0.29) is 6.04 Å². The molecule has 0 radical (unpaired) electrons. The summed E-state index contributed by atoms with van der Waals surface area (Å²) < 4.78 is 50.6. The predicted octanol–water partition coefficient (Wildman–Crippen LogP) is 2.60. The normalized spacial score (nSPS) is 22.2. The third kappa shape index (κ3) is 2.64. The number of rotatable bonds is 2. The van der Waals surface area contributed by atoms with Crippen LogP contribution in [0.3, 0.4) is 0 Å². The molecule has 0 spiro atoms. The van der Waals surface area contributed by atoms with Crippen LogP contribution in [0.15, 0.2) is 18.2 Å². The van der Waals surface area contributed by atoms with Crippen LogP contribution >= 0.6 is 0 Å². The summed E-state index contributed by atoms with van der Waals surface area (Å²) in [4.78, 5) is 0. The van der Waals surface area contributed by atoms with Crippen molar-refractivity contribution in [1.29, 1.82) is 0 Å². The van der Waals surface area contributed by atoms with E-state index in [0.717, 1.165) is 31.5 Å². The van der Waals surface area contributed by atoms with Crippen LogP contribution in [-0.2, 0) is 6.18 Å². The minimum Gasteiger partial charge on any atom is -0.323 e. The minimum absolute atomic E-state index is 0.00105. The summed E-state index contributed by atoms with van der Waals surface area (Å²) in [5, 5.41) is 3.15. The molecule has 0 unspecified atom stereocenters. The van der Waals surface area contributed by atoms with E-state index >= 15 is 0 Å². The van der Waals surface area contributed by atoms with E-state index in [1.165, 1.54) is 6.07 Å². The topological polar surface area (TPSA) is 38.0 Å². The molecule has 100 valence electrons. The summed E-state index contributed by atoms with van der Waals surface area (Å²) in [6.45, 7) is 0.835. The summed E-state index contributed by atoms with van der Waals surface area (Å²) in [6.07, 6.45) is -2.84. The van der Waals surface area contributed by atoms with Gasteiger partial charge in [0, 0.05) is 12.1 Å². The fraction of sp³-hybridized carbons (Fsp3) is 0.500. The maximum atomic E-state index is 13.4. The Kier molecular flexibility index (Phi) is 3.59. The van der Waals surface area contributed by atoms with Crippen molar-refractivity contribution in [2.45, 2.75) is 31.1 Å². The van der Waals surface area contributed by atoms with Crippen molar-refractivity contribution in [3.63, 3.8) is 0 Å². The Labute approximate surface area is 102 Å². The fourth-order valence-corrected chi connectivity index (χ4v) is 2.22. The quantitative estimate of drug-likeness (QED) is 0.804. The molecule has 0 aliphatic carbocycles. The molecule has 6 heteroatoms. The highest BCUT2D eigenvalue weighted by molar-refractivity contribution is 5.29. The van der Waals surface area contributed by atoms with Gasteiger partial charge in [-0.15, -0.1) is 0 Å². The molecule has 1 fully saturated rings. The monoisotopic (exact) mass is 262 g/mol. The minimum atomic E-state index is -4.67. The molecule has 3 N–H and O–H groups in total. The number of benzene rings is 1.